The van der Waals surface area contributed by atoms with E-state index in [1.54, 1.807) is 0 Å². The first-order valence-corrected chi connectivity index (χ1v) is 10.2. The molecule has 3 fully saturated rings. The summed E-state index contributed by atoms with van der Waals surface area (Å²) in [5, 5.41) is 6.96. The molecule has 0 radical (unpaired) electrons. The molecule has 0 aromatic carbocycles. The van der Waals surface area contributed by atoms with Crippen LogP contribution in [0.3, 0.4) is 0 Å². The number of rotatable bonds is 5. The van der Waals surface area contributed by atoms with Crippen LogP contribution in [-0.4, -0.2) is 42.5 Å². The van der Waals surface area contributed by atoms with Gasteiger partial charge in [0.15, 0.2) is 0 Å². The third-order valence-corrected chi connectivity index (χ3v) is 6.32. The molecule has 2 unspecified atom stereocenters. The van der Waals surface area contributed by atoms with Crippen LogP contribution in [0.5, 0.6) is 0 Å². The molecule has 3 saturated carbocycles. The van der Waals surface area contributed by atoms with Gasteiger partial charge in [0.2, 0.25) is 0 Å². The average molecular weight is 353 g/mol. The zero-order valence-corrected chi connectivity index (χ0v) is 16.4. The van der Waals surface area contributed by atoms with Crippen LogP contribution in [0.4, 0.5) is 4.79 Å². The molecule has 3 rings (SSSR count). The van der Waals surface area contributed by atoms with Gasteiger partial charge in [0, 0.05) is 30.1 Å². The Balaban J connectivity index is 1.39. The fourth-order valence-electron chi connectivity index (χ4n) is 4.84. The summed E-state index contributed by atoms with van der Waals surface area (Å²) in [5.74, 6) is 0. The molecule has 3 aliphatic rings. The molecular weight excluding hydrogens is 316 g/mol. The summed E-state index contributed by atoms with van der Waals surface area (Å²) in [6.07, 6.45) is 9.70. The van der Waals surface area contributed by atoms with Crippen molar-refractivity contribution in [3.63, 3.8) is 0 Å². The molecule has 0 aliphatic heterocycles. The van der Waals surface area contributed by atoms with Crippen LogP contribution in [0.15, 0.2) is 0 Å². The second-order valence-corrected chi connectivity index (χ2v) is 9.18. The Morgan fingerprint density at radius 1 is 1.12 bits per heavy atom. The van der Waals surface area contributed by atoms with E-state index in [1.807, 2.05) is 20.8 Å². The Morgan fingerprint density at radius 2 is 1.76 bits per heavy atom. The quantitative estimate of drug-likeness (QED) is 0.791. The van der Waals surface area contributed by atoms with Crippen LogP contribution >= 0.6 is 0 Å². The van der Waals surface area contributed by atoms with Gasteiger partial charge in [-0.15, -0.1) is 0 Å². The molecular formula is C20H36N2O3. The Morgan fingerprint density at radius 3 is 2.28 bits per heavy atom. The molecule has 1 spiro atoms. The van der Waals surface area contributed by atoms with Crippen LogP contribution in [0, 0.1) is 5.41 Å². The zero-order valence-electron chi connectivity index (χ0n) is 16.4. The van der Waals surface area contributed by atoms with E-state index < -0.39 is 5.60 Å². The standard InChI is InChI=1S/C20H36N2O3/c1-5-24-17-13-16(20(17)11-6-12-20)21-14-7-9-15(10-8-14)22-18(23)25-19(2,3)4/h14-17,21H,5-13H2,1-4H3,(H,22,23). The third kappa shape index (κ3) is 4.30. The number of nitrogens with one attached hydrogen (secondary N) is 2. The number of hydrogen-bond donors (Lipinski definition) is 2. The Hall–Kier alpha value is -0.810. The van der Waals surface area contributed by atoms with Gasteiger partial charge in [0.25, 0.3) is 0 Å². The van der Waals surface area contributed by atoms with Gasteiger partial charge in [0.1, 0.15) is 5.60 Å². The molecule has 0 saturated heterocycles. The van der Waals surface area contributed by atoms with Gasteiger partial charge in [-0.2, -0.15) is 0 Å². The molecule has 0 aromatic rings. The predicted molar refractivity (Wildman–Crippen MR) is 98.7 cm³/mol. The van der Waals surface area contributed by atoms with Crippen molar-refractivity contribution in [2.75, 3.05) is 6.61 Å². The largest absolute Gasteiger partial charge is 0.444 e. The van der Waals surface area contributed by atoms with Crippen molar-refractivity contribution in [2.24, 2.45) is 5.41 Å². The lowest BCUT2D eigenvalue weighted by atomic mass is 9.51. The molecule has 144 valence electrons. The monoisotopic (exact) mass is 352 g/mol. The lowest BCUT2D eigenvalue weighted by Gasteiger charge is -2.62. The van der Waals surface area contributed by atoms with Gasteiger partial charge >= 0.3 is 6.09 Å². The first-order chi connectivity index (χ1) is 11.8. The van der Waals surface area contributed by atoms with Crippen molar-refractivity contribution in [1.29, 1.82) is 0 Å². The summed E-state index contributed by atoms with van der Waals surface area (Å²) in [6, 6.07) is 1.48. The maximum atomic E-state index is 11.9. The normalized spacial score (nSPS) is 34.1. The minimum absolute atomic E-state index is 0.253. The summed E-state index contributed by atoms with van der Waals surface area (Å²) >= 11 is 0. The first kappa shape index (κ1) is 19.0. The minimum Gasteiger partial charge on any atom is -0.444 e. The fourth-order valence-corrected chi connectivity index (χ4v) is 4.84. The highest BCUT2D eigenvalue weighted by atomic mass is 16.6. The third-order valence-electron chi connectivity index (χ3n) is 6.32. The van der Waals surface area contributed by atoms with Gasteiger partial charge in [-0.05, 0) is 72.6 Å². The van der Waals surface area contributed by atoms with E-state index in [9.17, 15) is 4.79 Å². The van der Waals surface area contributed by atoms with E-state index in [4.69, 9.17) is 9.47 Å². The van der Waals surface area contributed by atoms with E-state index in [0.29, 0.717) is 23.6 Å². The number of amides is 1. The Kier molecular flexibility index (Phi) is 5.64. The Labute approximate surface area is 152 Å². The zero-order chi connectivity index (χ0) is 18.1. The molecule has 0 aromatic heterocycles. The van der Waals surface area contributed by atoms with Crippen LogP contribution in [0.1, 0.15) is 79.1 Å². The smallest absolute Gasteiger partial charge is 0.407 e. The highest BCUT2D eigenvalue weighted by Crippen LogP contribution is 2.57. The number of ether oxygens (including phenoxy) is 2. The van der Waals surface area contributed by atoms with Gasteiger partial charge < -0.3 is 20.1 Å². The first-order valence-electron chi connectivity index (χ1n) is 10.2. The van der Waals surface area contributed by atoms with Gasteiger partial charge in [-0.3, -0.25) is 0 Å². The van der Waals surface area contributed by atoms with Crippen molar-refractivity contribution >= 4 is 6.09 Å². The second kappa shape index (κ2) is 7.43. The molecule has 0 heterocycles. The number of hydrogen-bond acceptors (Lipinski definition) is 4. The summed E-state index contributed by atoms with van der Waals surface area (Å²) in [6.45, 7) is 8.64. The number of alkyl carbamates (subject to hydrolysis) is 1. The summed E-state index contributed by atoms with van der Waals surface area (Å²) in [7, 11) is 0. The van der Waals surface area contributed by atoms with Gasteiger partial charge in [-0.1, -0.05) is 6.42 Å². The molecule has 0 bridgehead atoms. The predicted octanol–water partition coefficient (Wildman–Crippen LogP) is 3.76. The number of carbonyl (C=O) groups excluding carboxylic acids is 1. The SMILES string of the molecule is CCOC1CC(NC2CCC(NC(=O)OC(C)(C)C)CC2)C12CCC2. The van der Waals surface area contributed by atoms with Crippen LogP contribution < -0.4 is 10.6 Å². The molecule has 25 heavy (non-hydrogen) atoms. The van der Waals surface area contributed by atoms with Crippen molar-refractivity contribution in [3.8, 4) is 0 Å². The molecule has 2 atom stereocenters. The van der Waals surface area contributed by atoms with Crippen molar-refractivity contribution in [2.45, 2.75) is 109 Å². The molecule has 2 N–H and O–H groups in total. The lowest BCUT2D eigenvalue weighted by molar-refractivity contribution is -0.175. The van der Waals surface area contributed by atoms with Gasteiger partial charge in [-0.25, -0.2) is 4.79 Å². The van der Waals surface area contributed by atoms with Crippen LogP contribution in [0.25, 0.3) is 0 Å². The number of carbonyl (C=O) groups is 1. The van der Waals surface area contributed by atoms with E-state index in [-0.39, 0.29) is 12.1 Å². The summed E-state index contributed by atoms with van der Waals surface area (Å²) < 4.78 is 11.3. The van der Waals surface area contributed by atoms with Crippen LogP contribution in [-0.2, 0) is 9.47 Å². The minimum atomic E-state index is -0.429. The summed E-state index contributed by atoms with van der Waals surface area (Å²) in [4.78, 5) is 11.9. The summed E-state index contributed by atoms with van der Waals surface area (Å²) in [5.41, 5.74) is 0.00286. The lowest BCUT2D eigenvalue weighted by Crippen LogP contribution is -2.68. The van der Waals surface area contributed by atoms with E-state index >= 15 is 0 Å². The van der Waals surface area contributed by atoms with Crippen molar-refractivity contribution in [3.05, 3.63) is 0 Å². The van der Waals surface area contributed by atoms with E-state index in [2.05, 4.69) is 17.6 Å². The Bertz CT molecular complexity index is 462. The van der Waals surface area contributed by atoms with Crippen molar-refractivity contribution < 1.29 is 14.3 Å². The van der Waals surface area contributed by atoms with Gasteiger partial charge in [0.05, 0.1) is 6.10 Å². The highest BCUT2D eigenvalue weighted by molar-refractivity contribution is 5.68. The van der Waals surface area contributed by atoms with E-state index in [0.717, 1.165) is 32.3 Å². The second-order valence-electron chi connectivity index (χ2n) is 9.18. The molecule has 5 nitrogen and oxygen atoms in total. The fraction of sp³-hybridized carbons (Fsp3) is 0.950. The molecule has 5 heteroatoms. The average Bonchev–Trinajstić information content (AvgIpc) is 2.44. The van der Waals surface area contributed by atoms with Crippen LogP contribution in [0.2, 0.25) is 0 Å². The van der Waals surface area contributed by atoms with Crippen molar-refractivity contribution in [1.82, 2.24) is 10.6 Å². The molecule has 1 amide bonds. The van der Waals surface area contributed by atoms with E-state index in [1.165, 1.54) is 25.7 Å². The topological polar surface area (TPSA) is 59.6 Å². The maximum absolute atomic E-state index is 11.9. The molecule has 3 aliphatic carbocycles. The maximum Gasteiger partial charge on any atom is 0.407 e. The highest BCUT2D eigenvalue weighted by Gasteiger charge is 2.59.